The molecule has 0 saturated carbocycles. The molecule has 0 saturated heterocycles. The molecule has 0 bridgehead atoms. The summed E-state index contributed by atoms with van der Waals surface area (Å²) in [5, 5.41) is 3.23. The summed E-state index contributed by atoms with van der Waals surface area (Å²) in [6.07, 6.45) is 11.5. The first-order valence-electron chi connectivity index (χ1n) is 8.63. The van der Waals surface area contributed by atoms with Crippen LogP contribution < -0.4 is 11.1 Å². The van der Waals surface area contributed by atoms with Gasteiger partial charge in [-0.1, -0.05) is 30.7 Å². The van der Waals surface area contributed by atoms with Gasteiger partial charge in [0, 0.05) is 26.3 Å². The van der Waals surface area contributed by atoms with E-state index in [1.54, 1.807) is 0 Å². The summed E-state index contributed by atoms with van der Waals surface area (Å²) in [6, 6.07) is 0. The highest BCUT2D eigenvalue weighted by atomic mass is 16.5. The van der Waals surface area contributed by atoms with E-state index in [9.17, 15) is 0 Å². The van der Waals surface area contributed by atoms with Gasteiger partial charge in [0.1, 0.15) is 11.5 Å². The average molecular weight is 332 g/mol. The van der Waals surface area contributed by atoms with Gasteiger partial charge in [-0.05, 0) is 33.3 Å². The SMILES string of the molecule is CC/N=C1/C=CN(C)/C1=C(/N)NC/C=C\C(C)=C/COC(C)CC. The Kier molecular flexibility index (Phi) is 8.94. The monoisotopic (exact) mass is 332 g/mol. The predicted molar refractivity (Wildman–Crippen MR) is 103 cm³/mol. The smallest absolute Gasteiger partial charge is 0.123 e. The molecule has 0 aromatic heterocycles. The minimum absolute atomic E-state index is 0.308. The van der Waals surface area contributed by atoms with E-state index >= 15 is 0 Å². The second-order valence-corrected chi connectivity index (χ2v) is 5.83. The first-order valence-corrected chi connectivity index (χ1v) is 8.63. The third-order valence-corrected chi connectivity index (χ3v) is 3.79. The first-order chi connectivity index (χ1) is 11.5. The molecule has 1 aliphatic heterocycles. The zero-order valence-electron chi connectivity index (χ0n) is 15.7. The summed E-state index contributed by atoms with van der Waals surface area (Å²) in [6.45, 7) is 10.4. The van der Waals surface area contributed by atoms with Gasteiger partial charge < -0.3 is 20.7 Å². The minimum atomic E-state index is 0.308. The molecule has 134 valence electrons. The molecule has 0 amide bonds. The summed E-state index contributed by atoms with van der Waals surface area (Å²) < 4.78 is 5.64. The molecule has 3 N–H and O–H groups in total. The summed E-state index contributed by atoms with van der Waals surface area (Å²) >= 11 is 0. The molecule has 0 fully saturated rings. The van der Waals surface area contributed by atoms with Crippen molar-refractivity contribution in [3.63, 3.8) is 0 Å². The van der Waals surface area contributed by atoms with Crippen molar-refractivity contribution in [1.29, 1.82) is 0 Å². The van der Waals surface area contributed by atoms with Crippen molar-refractivity contribution < 1.29 is 4.74 Å². The van der Waals surface area contributed by atoms with Gasteiger partial charge in [-0.2, -0.15) is 0 Å². The van der Waals surface area contributed by atoms with Gasteiger partial charge in [-0.3, -0.25) is 4.99 Å². The normalized spacial score (nSPS) is 20.3. The van der Waals surface area contributed by atoms with E-state index in [4.69, 9.17) is 10.5 Å². The zero-order chi connectivity index (χ0) is 17.9. The molecule has 1 unspecified atom stereocenters. The molecule has 1 rings (SSSR count). The van der Waals surface area contributed by atoms with Crippen molar-refractivity contribution >= 4 is 5.71 Å². The summed E-state index contributed by atoms with van der Waals surface area (Å²) in [5.74, 6) is 0.640. The van der Waals surface area contributed by atoms with Crippen LogP contribution in [-0.4, -0.2) is 43.5 Å². The number of hydrogen-bond acceptors (Lipinski definition) is 5. The molecule has 1 heterocycles. The number of nitrogens with zero attached hydrogens (tertiary/aromatic N) is 2. The second kappa shape index (κ2) is 10.7. The van der Waals surface area contributed by atoms with Gasteiger partial charge in [0.2, 0.25) is 0 Å². The Morgan fingerprint density at radius 1 is 1.46 bits per heavy atom. The van der Waals surface area contributed by atoms with Crippen molar-refractivity contribution in [3.05, 3.63) is 47.6 Å². The number of nitrogens with one attached hydrogen (secondary N) is 1. The van der Waals surface area contributed by atoms with Crippen LogP contribution in [0, 0.1) is 0 Å². The summed E-state index contributed by atoms with van der Waals surface area (Å²) in [5.41, 5.74) is 9.21. The van der Waals surface area contributed by atoms with E-state index in [1.807, 2.05) is 31.1 Å². The van der Waals surface area contributed by atoms with Gasteiger partial charge in [-0.15, -0.1) is 0 Å². The van der Waals surface area contributed by atoms with Gasteiger partial charge in [0.05, 0.1) is 18.4 Å². The maximum atomic E-state index is 6.17. The topological polar surface area (TPSA) is 62.9 Å². The first kappa shape index (κ1) is 20.0. The molecule has 0 spiro atoms. The molecule has 1 atom stereocenters. The highest BCUT2D eigenvalue weighted by Gasteiger charge is 2.17. The van der Waals surface area contributed by atoms with Gasteiger partial charge >= 0.3 is 0 Å². The summed E-state index contributed by atoms with van der Waals surface area (Å²) in [7, 11) is 1.97. The third kappa shape index (κ3) is 6.62. The van der Waals surface area contributed by atoms with E-state index in [0.29, 0.717) is 25.1 Å². The standard InChI is InChI=1S/C19H32N4O/c1-6-16(4)24-14-11-15(3)9-8-12-22-19(20)18-17(21-7-2)10-13-23(18)5/h8-11,13,16,22H,6-7,12,14,20H2,1-5H3/b9-8-,15-11-,19-18-,21-17-. The fraction of sp³-hybridized carbons (Fsp3) is 0.526. The van der Waals surface area contributed by atoms with Gasteiger partial charge in [0.15, 0.2) is 0 Å². The summed E-state index contributed by atoms with van der Waals surface area (Å²) in [4.78, 5) is 6.44. The van der Waals surface area contributed by atoms with Gasteiger partial charge in [0.25, 0.3) is 0 Å². The molecule has 0 aromatic carbocycles. The lowest BCUT2D eigenvalue weighted by Crippen LogP contribution is -2.28. The Morgan fingerprint density at radius 2 is 2.21 bits per heavy atom. The van der Waals surface area contributed by atoms with Crippen molar-refractivity contribution in [3.8, 4) is 0 Å². The van der Waals surface area contributed by atoms with Gasteiger partial charge in [-0.25, -0.2) is 0 Å². The van der Waals surface area contributed by atoms with Crippen LogP contribution in [0.5, 0.6) is 0 Å². The molecule has 1 aliphatic rings. The van der Waals surface area contributed by atoms with Crippen LogP contribution in [0.25, 0.3) is 0 Å². The van der Waals surface area contributed by atoms with Crippen molar-refractivity contribution in [2.24, 2.45) is 10.7 Å². The van der Waals surface area contributed by atoms with E-state index in [0.717, 1.165) is 24.4 Å². The Hall–Kier alpha value is -2.01. The fourth-order valence-electron chi connectivity index (χ4n) is 2.17. The fourth-order valence-corrected chi connectivity index (χ4v) is 2.17. The lowest BCUT2D eigenvalue weighted by Gasteiger charge is -2.16. The van der Waals surface area contributed by atoms with Crippen molar-refractivity contribution in [1.82, 2.24) is 10.2 Å². The third-order valence-electron chi connectivity index (χ3n) is 3.79. The van der Waals surface area contributed by atoms with Crippen molar-refractivity contribution in [2.45, 2.75) is 40.2 Å². The van der Waals surface area contributed by atoms with Crippen LogP contribution >= 0.6 is 0 Å². The van der Waals surface area contributed by atoms with Crippen LogP contribution in [0.1, 0.15) is 34.1 Å². The average Bonchev–Trinajstić information content (AvgIpc) is 2.92. The minimum Gasteiger partial charge on any atom is -0.384 e. The van der Waals surface area contributed by atoms with Crippen LogP contribution in [0.4, 0.5) is 0 Å². The molecule has 5 heteroatoms. The van der Waals surface area contributed by atoms with Crippen LogP contribution in [0.15, 0.2) is 52.6 Å². The van der Waals surface area contributed by atoms with E-state index < -0.39 is 0 Å². The molecule has 5 nitrogen and oxygen atoms in total. The number of aliphatic imine (C=N–C) groups is 1. The van der Waals surface area contributed by atoms with Crippen LogP contribution in [0.2, 0.25) is 0 Å². The number of hydrogen-bond donors (Lipinski definition) is 2. The maximum Gasteiger partial charge on any atom is 0.123 e. The predicted octanol–water partition coefficient (Wildman–Crippen LogP) is 2.94. The molecule has 24 heavy (non-hydrogen) atoms. The number of allylic oxidation sites excluding steroid dienone is 3. The van der Waals surface area contributed by atoms with E-state index in [2.05, 4.69) is 49.3 Å². The second-order valence-electron chi connectivity index (χ2n) is 5.83. The lowest BCUT2D eigenvalue weighted by atomic mass is 10.2. The maximum absolute atomic E-state index is 6.17. The molecular formula is C19H32N4O. The quantitative estimate of drug-likeness (QED) is 0.637. The zero-order valence-corrected chi connectivity index (χ0v) is 15.7. The number of ether oxygens (including phenoxy) is 1. The Balaban J connectivity index is 2.49. The largest absolute Gasteiger partial charge is 0.384 e. The molecular weight excluding hydrogens is 300 g/mol. The molecule has 0 radical (unpaired) electrons. The molecule has 0 aliphatic carbocycles. The van der Waals surface area contributed by atoms with Crippen molar-refractivity contribution in [2.75, 3.05) is 26.7 Å². The van der Waals surface area contributed by atoms with Crippen LogP contribution in [-0.2, 0) is 4.74 Å². The van der Waals surface area contributed by atoms with Crippen LogP contribution in [0.3, 0.4) is 0 Å². The highest BCUT2D eigenvalue weighted by molar-refractivity contribution is 6.10. The Labute approximate surface area is 146 Å². The number of nitrogens with two attached hydrogens (primary N) is 1. The Bertz CT molecular complexity index is 544. The van der Waals surface area contributed by atoms with E-state index in [1.165, 1.54) is 5.57 Å². The lowest BCUT2D eigenvalue weighted by molar-refractivity contribution is 0.0854. The Morgan fingerprint density at radius 3 is 2.88 bits per heavy atom. The highest BCUT2D eigenvalue weighted by Crippen LogP contribution is 2.15. The molecule has 0 aromatic rings. The number of rotatable bonds is 9. The van der Waals surface area contributed by atoms with E-state index in [-0.39, 0.29) is 0 Å².